The van der Waals surface area contributed by atoms with Crippen LogP contribution in [0.2, 0.25) is 0 Å². The van der Waals surface area contributed by atoms with E-state index in [1.165, 1.54) is 5.56 Å². The van der Waals surface area contributed by atoms with E-state index >= 15 is 0 Å². The molecule has 1 atom stereocenters. The van der Waals surface area contributed by atoms with Gasteiger partial charge in [-0.15, -0.1) is 5.10 Å². The number of tetrazole rings is 1. The second-order valence-electron chi connectivity index (χ2n) is 11.1. The zero-order valence-corrected chi connectivity index (χ0v) is 24.9. The number of nitrogens with zero attached hydrogens (tertiary/aromatic N) is 6. The van der Waals surface area contributed by atoms with Crippen LogP contribution in [0.5, 0.6) is 5.75 Å². The summed E-state index contributed by atoms with van der Waals surface area (Å²) in [7, 11) is 0. The van der Waals surface area contributed by atoms with E-state index < -0.39 is 0 Å². The van der Waals surface area contributed by atoms with Gasteiger partial charge in [-0.1, -0.05) is 109 Å². The molecule has 0 spiro atoms. The average molecular weight is 571 g/mol. The maximum absolute atomic E-state index is 6.48. The molecule has 0 saturated carbocycles. The van der Waals surface area contributed by atoms with Gasteiger partial charge in [0.2, 0.25) is 0 Å². The normalized spacial score (nSPS) is 15.1. The first-order chi connectivity index (χ1) is 21.2. The van der Waals surface area contributed by atoms with E-state index in [4.69, 9.17) is 4.74 Å². The summed E-state index contributed by atoms with van der Waals surface area (Å²) in [5.41, 5.74) is 6.72. The van der Waals surface area contributed by atoms with Gasteiger partial charge in [-0.2, -0.15) is 4.68 Å². The van der Waals surface area contributed by atoms with Crippen LogP contribution < -0.4 is 4.74 Å². The van der Waals surface area contributed by atoms with Crippen LogP contribution >= 0.6 is 0 Å². The van der Waals surface area contributed by atoms with E-state index in [1.807, 2.05) is 28.9 Å². The minimum Gasteiger partial charge on any atom is -0.489 e. The molecule has 43 heavy (non-hydrogen) atoms. The highest BCUT2D eigenvalue weighted by Gasteiger charge is 2.33. The van der Waals surface area contributed by atoms with Gasteiger partial charge in [0.25, 0.3) is 0 Å². The predicted octanol–water partition coefficient (Wildman–Crippen LogP) is 6.28. The van der Waals surface area contributed by atoms with Gasteiger partial charge in [0.1, 0.15) is 18.4 Å². The largest absolute Gasteiger partial charge is 0.489 e. The molecular formula is C36H38N6O. The lowest BCUT2D eigenvalue weighted by Gasteiger charge is -2.39. The lowest BCUT2D eigenvalue weighted by Crippen LogP contribution is -2.48. The Morgan fingerprint density at radius 1 is 0.767 bits per heavy atom. The monoisotopic (exact) mass is 570 g/mol. The highest BCUT2D eigenvalue weighted by Crippen LogP contribution is 2.36. The fourth-order valence-corrected chi connectivity index (χ4v) is 5.84. The molecular weight excluding hydrogens is 532 g/mol. The molecule has 0 bridgehead atoms. The van der Waals surface area contributed by atoms with E-state index in [9.17, 15) is 0 Å². The fraction of sp³-hybridized carbons (Fsp3) is 0.250. The van der Waals surface area contributed by atoms with Crippen molar-refractivity contribution in [2.24, 2.45) is 0 Å². The predicted molar refractivity (Wildman–Crippen MR) is 171 cm³/mol. The Hall–Kier alpha value is -4.59. The molecule has 6 rings (SSSR count). The maximum Gasteiger partial charge on any atom is 0.178 e. The first-order valence-electron chi connectivity index (χ1n) is 15.0. The van der Waals surface area contributed by atoms with Gasteiger partial charge in [-0.3, -0.25) is 9.80 Å². The summed E-state index contributed by atoms with van der Waals surface area (Å²) >= 11 is 0. The van der Waals surface area contributed by atoms with Gasteiger partial charge in [0.15, 0.2) is 5.82 Å². The smallest absolute Gasteiger partial charge is 0.178 e. The van der Waals surface area contributed by atoms with Crippen molar-refractivity contribution in [2.75, 3.05) is 32.7 Å². The molecule has 0 radical (unpaired) electrons. The van der Waals surface area contributed by atoms with Crippen molar-refractivity contribution in [3.05, 3.63) is 143 Å². The molecule has 1 unspecified atom stereocenters. The molecule has 7 nitrogen and oxygen atoms in total. The molecule has 218 valence electrons. The van der Waals surface area contributed by atoms with Crippen LogP contribution in [0.25, 0.3) is 11.8 Å². The van der Waals surface area contributed by atoms with Crippen molar-refractivity contribution in [3.8, 4) is 11.4 Å². The number of hydrogen-bond donors (Lipinski definition) is 0. The Labute approximate surface area is 254 Å². The van der Waals surface area contributed by atoms with Crippen LogP contribution in [0, 0.1) is 13.8 Å². The van der Waals surface area contributed by atoms with Crippen molar-refractivity contribution >= 4 is 6.08 Å². The number of hydrogen-bond acceptors (Lipinski definition) is 6. The van der Waals surface area contributed by atoms with Crippen LogP contribution in [0.15, 0.2) is 109 Å². The van der Waals surface area contributed by atoms with Crippen molar-refractivity contribution in [1.82, 2.24) is 30.0 Å². The van der Waals surface area contributed by atoms with Gasteiger partial charge < -0.3 is 4.74 Å². The third kappa shape index (κ3) is 6.74. The Kier molecular flexibility index (Phi) is 9.02. The Bertz CT molecular complexity index is 1620. The van der Waals surface area contributed by atoms with E-state index in [-0.39, 0.29) is 6.04 Å². The first kappa shape index (κ1) is 28.5. The molecule has 7 heteroatoms. The molecule has 2 heterocycles. The highest BCUT2D eigenvalue weighted by atomic mass is 16.5. The molecule has 1 fully saturated rings. The molecule has 5 aromatic rings. The number of para-hydroxylation sites is 2. The summed E-state index contributed by atoms with van der Waals surface area (Å²) in [4.78, 5) is 5.00. The lowest BCUT2D eigenvalue weighted by atomic mass is 10.0. The van der Waals surface area contributed by atoms with Crippen LogP contribution in [0.1, 0.15) is 39.7 Å². The van der Waals surface area contributed by atoms with E-state index in [2.05, 4.69) is 130 Å². The second kappa shape index (κ2) is 13.6. The van der Waals surface area contributed by atoms with Crippen molar-refractivity contribution in [2.45, 2.75) is 26.5 Å². The third-order valence-corrected chi connectivity index (χ3v) is 8.09. The van der Waals surface area contributed by atoms with Crippen molar-refractivity contribution < 1.29 is 4.74 Å². The fourth-order valence-electron chi connectivity index (χ4n) is 5.84. The summed E-state index contributed by atoms with van der Waals surface area (Å²) in [6, 6.07) is 35.2. The topological polar surface area (TPSA) is 59.3 Å². The minimum atomic E-state index is -0.178. The third-order valence-electron chi connectivity index (χ3n) is 8.09. The van der Waals surface area contributed by atoms with Gasteiger partial charge >= 0.3 is 0 Å². The number of piperazine rings is 1. The molecule has 0 N–H and O–H groups in total. The summed E-state index contributed by atoms with van der Waals surface area (Å²) in [6.45, 7) is 9.31. The van der Waals surface area contributed by atoms with E-state index in [1.54, 1.807) is 0 Å². The lowest BCUT2D eigenvalue weighted by molar-refractivity contribution is 0.112. The molecule has 0 aliphatic carbocycles. The Morgan fingerprint density at radius 3 is 2.19 bits per heavy atom. The first-order valence-corrected chi connectivity index (χ1v) is 15.0. The van der Waals surface area contributed by atoms with Crippen LogP contribution in [-0.4, -0.2) is 62.7 Å². The molecule has 1 aliphatic heterocycles. The number of aromatic nitrogens is 4. The van der Waals surface area contributed by atoms with Crippen LogP contribution in [0.3, 0.4) is 0 Å². The van der Waals surface area contributed by atoms with Crippen molar-refractivity contribution in [3.63, 3.8) is 0 Å². The SMILES string of the molecule is Cc1cccc(C)c1-n1nnnc1C(c1ccccc1OCc1ccccc1)N1CCN(C/C=C/c2ccccc2)CC1. The zero-order chi connectivity index (χ0) is 29.4. The number of benzene rings is 4. The molecule has 1 aromatic heterocycles. The quantitative estimate of drug-likeness (QED) is 0.197. The molecule has 4 aromatic carbocycles. The van der Waals surface area contributed by atoms with Crippen molar-refractivity contribution in [1.29, 1.82) is 0 Å². The summed E-state index contributed by atoms with van der Waals surface area (Å²) in [6.07, 6.45) is 4.46. The summed E-state index contributed by atoms with van der Waals surface area (Å²) in [5.74, 6) is 1.64. The molecule has 1 aliphatic rings. The minimum absolute atomic E-state index is 0.178. The molecule has 0 amide bonds. The summed E-state index contributed by atoms with van der Waals surface area (Å²) in [5, 5.41) is 13.4. The van der Waals surface area contributed by atoms with Gasteiger partial charge in [-0.25, -0.2) is 0 Å². The Morgan fingerprint density at radius 2 is 1.44 bits per heavy atom. The van der Waals surface area contributed by atoms with E-state index in [0.29, 0.717) is 6.61 Å². The second-order valence-corrected chi connectivity index (χ2v) is 11.1. The summed E-state index contributed by atoms with van der Waals surface area (Å²) < 4.78 is 8.41. The Balaban J connectivity index is 1.30. The maximum atomic E-state index is 6.48. The van der Waals surface area contributed by atoms with Gasteiger partial charge in [0, 0.05) is 38.3 Å². The van der Waals surface area contributed by atoms with E-state index in [0.717, 1.165) is 72.2 Å². The van der Waals surface area contributed by atoms with Gasteiger partial charge in [-0.05, 0) is 52.6 Å². The van der Waals surface area contributed by atoms with Crippen LogP contribution in [0.4, 0.5) is 0 Å². The standard InChI is InChI=1S/C36H38N6O/c1-28-13-11-14-29(2)34(28)42-36(37-38-39-42)35(32-20-9-10-21-33(32)43-27-31-17-7-4-8-18-31)41-25-23-40(24-26-41)22-12-19-30-15-5-3-6-16-30/h3-21,35H,22-27H2,1-2H3/b19-12+. The van der Waals surface area contributed by atoms with Crippen LogP contribution in [-0.2, 0) is 6.61 Å². The van der Waals surface area contributed by atoms with Gasteiger partial charge in [0.05, 0.1) is 5.69 Å². The number of ether oxygens (including phenoxy) is 1. The number of aryl methyl sites for hydroxylation is 2. The average Bonchev–Trinajstić information content (AvgIpc) is 3.51. The number of rotatable bonds is 10. The highest BCUT2D eigenvalue weighted by molar-refractivity contribution is 5.49. The molecule has 1 saturated heterocycles. The zero-order valence-electron chi connectivity index (χ0n) is 24.9.